The molecule has 1 aliphatic carbocycles. The van der Waals surface area contributed by atoms with Gasteiger partial charge in [0, 0.05) is 18.1 Å². The number of hydrogen-bond acceptors (Lipinski definition) is 2. The Morgan fingerprint density at radius 2 is 1.78 bits per heavy atom. The molecule has 0 amide bonds. The van der Waals surface area contributed by atoms with E-state index in [9.17, 15) is 0 Å². The number of hydrogen-bond donors (Lipinski definition) is 1. The number of likely N-dealkylation sites (N-methyl/N-ethyl adjacent to an activating group) is 2. The molecule has 2 nitrogen and oxygen atoms in total. The third-order valence-electron chi connectivity index (χ3n) is 4.54. The average molecular weight is 246 g/mol. The van der Waals surface area contributed by atoms with Gasteiger partial charge in [-0.25, -0.2) is 0 Å². The van der Waals surface area contributed by atoms with Gasteiger partial charge >= 0.3 is 0 Å². The molecule has 2 heteroatoms. The van der Waals surface area contributed by atoms with E-state index in [2.05, 4.69) is 68.5 Å². The van der Waals surface area contributed by atoms with E-state index >= 15 is 0 Å². The van der Waals surface area contributed by atoms with E-state index in [1.165, 1.54) is 18.4 Å². The van der Waals surface area contributed by atoms with Crippen LogP contribution in [0.25, 0.3) is 0 Å². The molecule has 1 aromatic rings. The lowest BCUT2D eigenvalue weighted by Gasteiger charge is -2.36. The molecule has 1 N–H and O–H groups in total. The third-order valence-corrected chi connectivity index (χ3v) is 4.54. The minimum Gasteiger partial charge on any atom is -0.312 e. The fourth-order valence-corrected chi connectivity index (χ4v) is 2.86. The first kappa shape index (κ1) is 13.6. The zero-order valence-corrected chi connectivity index (χ0v) is 12.1. The Kier molecular flexibility index (Phi) is 4.41. The zero-order valence-electron chi connectivity index (χ0n) is 12.1. The smallest absolute Gasteiger partial charge is 0.0472 e. The first-order valence-corrected chi connectivity index (χ1v) is 7.09. The number of benzene rings is 1. The number of nitrogens with zero attached hydrogens (tertiary/aromatic N) is 1. The normalized spacial score (nSPS) is 20.7. The molecule has 3 atom stereocenters. The summed E-state index contributed by atoms with van der Waals surface area (Å²) in [5.74, 6) is 0.922. The fraction of sp³-hybridized carbons (Fsp3) is 0.625. The van der Waals surface area contributed by atoms with Gasteiger partial charge in [-0.05, 0) is 52.3 Å². The van der Waals surface area contributed by atoms with Crippen LogP contribution in [0.2, 0.25) is 0 Å². The lowest BCUT2D eigenvalue weighted by atomic mass is 9.98. The van der Waals surface area contributed by atoms with E-state index < -0.39 is 0 Å². The molecule has 0 radical (unpaired) electrons. The maximum absolute atomic E-state index is 3.47. The van der Waals surface area contributed by atoms with Crippen molar-refractivity contribution < 1.29 is 0 Å². The predicted octanol–water partition coefficient (Wildman–Crippen LogP) is 3.07. The highest BCUT2D eigenvalue weighted by atomic mass is 15.2. The largest absolute Gasteiger partial charge is 0.312 e. The van der Waals surface area contributed by atoms with Crippen LogP contribution < -0.4 is 5.32 Å². The maximum atomic E-state index is 3.47. The van der Waals surface area contributed by atoms with E-state index in [0.717, 1.165) is 5.92 Å². The van der Waals surface area contributed by atoms with Crippen LogP contribution in [0.3, 0.4) is 0 Å². The molecular formula is C16H26N2. The monoisotopic (exact) mass is 246 g/mol. The van der Waals surface area contributed by atoms with Crippen molar-refractivity contribution in [1.82, 2.24) is 10.2 Å². The van der Waals surface area contributed by atoms with Crippen molar-refractivity contribution in [3.63, 3.8) is 0 Å². The second-order valence-corrected chi connectivity index (χ2v) is 5.66. The lowest BCUT2D eigenvalue weighted by molar-refractivity contribution is 0.147. The van der Waals surface area contributed by atoms with Crippen molar-refractivity contribution in [2.24, 2.45) is 5.92 Å². The van der Waals surface area contributed by atoms with Crippen molar-refractivity contribution in [3.05, 3.63) is 35.9 Å². The molecule has 1 fully saturated rings. The van der Waals surface area contributed by atoms with Gasteiger partial charge in [0.2, 0.25) is 0 Å². The van der Waals surface area contributed by atoms with Crippen LogP contribution in [0.5, 0.6) is 0 Å². The van der Waals surface area contributed by atoms with Crippen LogP contribution in [0.1, 0.15) is 38.3 Å². The predicted molar refractivity (Wildman–Crippen MR) is 77.7 cm³/mol. The highest BCUT2D eigenvalue weighted by Crippen LogP contribution is 2.36. The summed E-state index contributed by atoms with van der Waals surface area (Å²) < 4.78 is 0. The van der Waals surface area contributed by atoms with Crippen LogP contribution in [0.4, 0.5) is 0 Å². The van der Waals surface area contributed by atoms with Crippen LogP contribution in [-0.2, 0) is 0 Å². The standard InChI is InChI=1S/C16H26N2/c1-12(14-10-11-14)18(4)13(2)16(17-3)15-8-6-5-7-9-15/h5-9,12-14,16-17H,10-11H2,1-4H3. The molecule has 3 unspecified atom stereocenters. The SMILES string of the molecule is CNC(c1ccccc1)C(C)N(C)C(C)C1CC1. The Bertz CT molecular complexity index is 359. The van der Waals surface area contributed by atoms with Crippen LogP contribution >= 0.6 is 0 Å². The number of rotatable bonds is 6. The molecule has 2 rings (SSSR count). The van der Waals surface area contributed by atoms with Crippen LogP contribution in [0.15, 0.2) is 30.3 Å². The van der Waals surface area contributed by atoms with E-state index in [4.69, 9.17) is 0 Å². The summed E-state index contributed by atoms with van der Waals surface area (Å²) in [7, 11) is 4.32. The van der Waals surface area contributed by atoms with Gasteiger partial charge in [0.25, 0.3) is 0 Å². The zero-order chi connectivity index (χ0) is 13.1. The molecule has 0 saturated heterocycles. The van der Waals surface area contributed by atoms with Crippen molar-refractivity contribution in [3.8, 4) is 0 Å². The second kappa shape index (κ2) is 5.85. The van der Waals surface area contributed by atoms with E-state index in [-0.39, 0.29) is 0 Å². The molecule has 1 saturated carbocycles. The van der Waals surface area contributed by atoms with Gasteiger partial charge in [0.05, 0.1) is 0 Å². The molecule has 0 bridgehead atoms. The Hall–Kier alpha value is -0.860. The van der Waals surface area contributed by atoms with Gasteiger partial charge in [0.1, 0.15) is 0 Å². The molecule has 100 valence electrons. The highest BCUT2D eigenvalue weighted by molar-refractivity contribution is 5.20. The van der Waals surface area contributed by atoms with Crippen molar-refractivity contribution >= 4 is 0 Å². The van der Waals surface area contributed by atoms with Gasteiger partial charge in [-0.15, -0.1) is 0 Å². The molecule has 1 aliphatic rings. The summed E-state index contributed by atoms with van der Waals surface area (Å²) in [6.07, 6.45) is 2.82. The van der Waals surface area contributed by atoms with Gasteiger partial charge in [-0.2, -0.15) is 0 Å². The molecule has 0 aromatic heterocycles. The van der Waals surface area contributed by atoms with E-state index in [1.807, 2.05) is 0 Å². The van der Waals surface area contributed by atoms with Gasteiger partial charge in [-0.3, -0.25) is 4.90 Å². The first-order chi connectivity index (χ1) is 8.65. The van der Waals surface area contributed by atoms with Crippen molar-refractivity contribution in [1.29, 1.82) is 0 Å². The molecule has 0 heterocycles. The summed E-state index contributed by atoms with van der Waals surface area (Å²) in [6.45, 7) is 4.69. The topological polar surface area (TPSA) is 15.3 Å². The van der Waals surface area contributed by atoms with Gasteiger partial charge < -0.3 is 5.32 Å². The van der Waals surface area contributed by atoms with Crippen molar-refractivity contribution in [2.75, 3.05) is 14.1 Å². The summed E-state index contributed by atoms with van der Waals surface area (Å²) in [4.78, 5) is 2.53. The number of nitrogens with one attached hydrogen (secondary N) is 1. The molecule has 1 aromatic carbocycles. The quantitative estimate of drug-likeness (QED) is 0.830. The second-order valence-electron chi connectivity index (χ2n) is 5.66. The van der Waals surface area contributed by atoms with Gasteiger partial charge in [-0.1, -0.05) is 30.3 Å². The summed E-state index contributed by atoms with van der Waals surface area (Å²) in [6, 6.07) is 12.4. The third kappa shape index (κ3) is 2.93. The van der Waals surface area contributed by atoms with Gasteiger partial charge in [0.15, 0.2) is 0 Å². The van der Waals surface area contributed by atoms with E-state index in [1.54, 1.807) is 0 Å². The fourth-order valence-electron chi connectivity index (χ4n) is 2.86. The maximum Gasteiger partial charge on any atom is 0.0472 e. The molecule has 0 aliphatic heterocycles. The minimum atomic E-state index is 0.400. The lowest BCUT2D eigenvalue weighted by Crippen LogP contribution is -2.44. The Labute approximate surface area is 111 Å². The summed E-state index contributed by atoms with van der Waals surface area (Å²) >= 11 is 0. The minimum absolute atomic E-state index is 0.400. The van der Waals surface area contributed by atoms with E-state index in [0.29, 0.717) is 18.1 Å². The highest BCUT2D eigenvalue weighted by Gasteiger charge is 2.34. The molecule has 18 heavy (non-hydrogen) atoms. The average Bonchev–Trinajstić information content (AvgIpc) is 3.23. The Balaban J connectivity index is 2.07. The summed E-state index contributed by atoms with van der Waals surface area (Å²) in [5, 5.41) is 3.47. The summed E-state index contributed by atoms with van der Waals surface area (Å²) in [5.41, 5.74) is 1.38. The molecular weight excluding hydrogens is 220 g/mol. The Morgan fingerprint density at radius 3 is 2.28 bits per heavy atom. The van der Waals surface area contributed by atoms with Crippen LogP contribution in [-0.4, -0.2) is 31.1 Å². The first-order valence-electron chi connectivity index (χ1n) is 7.09. The van der Waals surface area contributed by atoms with Crippen molar-refractivity contribution in [2.45, 2.75) is 44.8 Å². The van der Waals surface area contributed by atoms with Crippen LogP contribution in [0, 0.1) is 5.92 Å². The molecule has 0 spiro atoms. The Morgan fingerprint density at radius 1 is 1.17 bits per heavy atom.